The summed E-state index contributed by atoms with van der Waals surface area (Å²) in [5, 5.41) is 3.74. The number of carbonyl (C=O) groups is 1. The average molecular weight is 498 g/mol. The molecule has 4 heterocycles. The maximum Gasteiger partial charge on any atom is 0.434 e. The number of piperazine rings is 1. The van der Waals surface area contributed by atoms with Gasteiger partial charge >= 0.3 is 6.18 Å². The minimum atomic E-state index is -4.53. The zero-order valence-corrected chi connectivity index (χ0v) is 20.3. The summed E-state index contributed by atoms with van der Waals surface area (Å²) in [5.41, 5.74) is -1.38. The highest BCUT2D eigenvalue weighted by molar-refractivity contribution is 5.84. The van der Waals surface area contributed by atoms with Crippen LogP contribution in [-0.2, 0) is 20.4 Å². The molecule has 5 rings (SSSR count). The number of alkyl halides is 3. The van der Waals surface area contributed by atoms with Crippen molar-refractivity contribution >= 4 is 11.7 Å². The number of likely N-dealkylation sites (tertiary alicyclic amines) is 1. The number of methoxy groups -OCH3 is 1. The van der Waals surface area contributed by atoms with Gasteiger partial charge in [0.05, 0.1) is 42.6 Å². The molecule has 4 fully saturated rings. The van der Waals surface area contributed by atoms with Crippen LogP contribution in [0.25, 0.3) is 0 Å². The van der Waals surface area contributed by atoms with Crippen LogP contribution in [0.5, 0.6) is 0 Å². The molecule has 6 atom stereocenters. The molecular formula is C24H34F3N5O3. The summed E-state index contributed by atoms with van der Waals surface area (Å²) in [7, 11) is 1.71. The highest BCUT2D eigenvalue weighted by Crippen LogP contribution is 2.46. The summed E-state index contributed by atoms with van der Waals surface area (Å²) < 4.78 is 50.4. The van der Waals surface area contributed by atoms with Crippen LogP contribution in [-0.4, -0.2) is 84.5 Å². The van der Waals surface area contributed by atoms with Crippen molar-refractivity contribution in [3.63, 3.8) is 0 Å². The van der Waals surface area contributed by atoms with Gasteiger partial charge in [-0.3, -0.25) is 9.78 Å². The van der Waals surface area contributed by atoms with E-state index in [1.165, 1.54) is 6.20 Å². The molecule has 1 aromatic rings. The molecule has 0 radical (unpaired) electrons. The quantitative estimate of drug-likeness (QED) is 0.647. The average Bonchev–Trinajstić information content (AvgIpc) is 3.58. The lowest BCUT2D eigenvalue weighted by Crippen LogP contribution is -2.54. The third kappa shape index (κ3) is 4.62. The highest BCUT2D eigenvalue weighted by atomic mass is 19.4. The van der Waals surface area contributed by atoms with Crippen molar-refractivity contribution in [2.75, 3.05) is 38.3 Å². The minimum absolute atomic E-state index is 0.00681. The Morgan fingerprint density at radius 2 is 2.11 bits per heavy atom. The van der Waals surface area contributed by atoms with Gasteiger partial charge in [0.25, 0.3) is 0 Å². The molecule has 1 amide bonds. The van der Waals surface area contributed by atoms with Crippen LogP contribution >= 0.6 is 0 Å². The Morgan fingerprint density at radius 3 is 2.80 bits per heavy atom. The van der Waals surface area contributed by atoms with E-state index < -0.39 is 17.3 Å². The number of aromatic nitrogens is 2. The van der Waals surface area contributed by atoms with Gasteiger partial charge in [-0.2, -0.15) is 13.2 Å². The maximum absolute atomic E-state index is 13.8. The highest BCUT2D eigenvalue weighted by Gasteiger charge is 2.53. The first-order valence-electron chi connectivity index (χ1n) is 12.6. The number of carbonyl (C=O) groups excluding carboxylic acids is 1. The summed E-state index contributed by atoms with van der Waals surface area (Å²) in [5.74, 6) is 0.431. The largest absolute Gasteiger partial charge is 0.434 e. The third-order valence-corrected chi connectivity index (χ3v) is 8.50. The fourth-order valence-electron chi connectivity index (χ4n) is 6.50. The number of amides is 1. The monoisotopic (exact) mass is 497 g/mol. The van der Waals surface area contributed by atoms with E-state index >= 15 is 0 Å². The second-order valence-electron chi connectivity index (χ2n) is 10.4. The van der Waals surface area contributed by atoms with Crippen LogP contribution < -0.4 is 10.2 Å². The minimum Gasteiger partial charge on any atom is -0.379 e. The first-order valence-corrected chi connectivity index (χ1v) is 12.6. The Kier molecular flexibility index (Phi) is 6.69. The smallest absolute Gasteiger partial charge is 0.379 e. The summed E-state index contributed by atoms with van der Waals surface area (Å²) in [6.07, 6.45) is 2.64. The second-order valence-corrected chi connectivity index (χ2v) is 10.4. The number of nitrogens with zero attached hydrogens (tertiary/aromatic N) is 4. The Labute approximate surface area is 203 Å². The standard InChI is InChI=1S/C24H34F3N5O3/c1-3-23(6-4-15(9-23)29-18-5-7-35-14-19(18)34-2)22(33)32-13-16-8-17(32)12-31(16)21-11-28-10-20(30-21)24(25,26)27/h10-11,15-19,29H,3-9,12-14H2,1-2H3/t15-,16+,17+,18+,19-,23+/m1/s1. The Hall–Kier alpha value is -1.98. The van der Waals surface area contributed by atoms with Gasteiger partial charge in [0.1, 0.15) is 5.82 Å². The van der Waals surface area contributed by atoms with Crippen molar-refractivity contribution < 1.29 is 27.4 Å². The van der Waals surface area contributed by atoms with Crippen LogP contribution in [0.2, 0.25) is 0 Å². The van der Waals surface area contributed by atoms with Crippen LogP contribution in [0.3, 0.4) is 0 Å². The lowest BCUT2D eigenvalue weighted by Gasteiger charge is -2.40. The maximum atomic E-state index is 13.8. The number of halogens is 3. The molecule has 11 heteroatoms. The molecule has 1 aromatic heterocycles. The van der Waals surface area contributed by atoms with E-state index in [0.717, 1.165) is 44.7 Å². The third-order valence-electron chi connectivity index (χ3n) is 8.50. The van der Waals surface area contributed by atoms with Gasteiger partial charge in [-0.25, -0.2) is 4.98 Å². The normalized spacial score (nSPS) is 35.2. The Balaban J connectivity index is 1.23. The van der Waals surface area contributed by atoms with E-state index in [1.54, 1.807) is 7.11 Å². The van der Waals surface area contributed by atoms with Crippen molar-refractivity contribution in [1.29, 1.82) is 0 Å². The van der Waals surface area contributed by atoms with E-state index in [9.17, 15) is 18.0 Å². The predicted octanol–water partition coefficient (Wildman–Crippen LogP) is 2.63. The number of rotatable bonds is 6. The SMILES string of the molecule is CC[C@]1(C(=O)N2C[C@@H]3C[C@H]2CN3c2cncc(C(F)(F)F)n2)CC[C@@H](N[C@H]2CCOC[C@H]2OC)C1. The first kappa shape index (κ1) is 24.7. The molecule has 8 nitrogen and oxygen atoms in total. The molecule has 35 heavy (non-hydrogen) atoms. The predicted molar refractivity (Wildman–Crippen MR) is 122 cm³/mol. The molecule has 3 saturated heterocycles. The first-order chi connectivity index (χ1) is 16.7. The van der Waals surface area contributed by atoms with E-state index in [-0.39, 0.29) is 42.0 Å². The molecule has 4 aliphatic rings. The molecular weight excluding hydrogens is 463 g/mol. The molecule has 1 saturated carbocycles. The molecule has 0 aromatic carbocycles. The van der Waals surface area contributed by atoms with E-state index in [2.05, 4.69) is 22.2 Å². The van der Waals surface area contributed by atoms with Gasteiger partial charge in [0.2, 0.25) is 5.91 Å². The van der Waals surface area contributed by atoms with E-state index in [1.807, 2.05) is 9.80 Å². The molecule has 2 bridgehead atoms. The zero-order chi connectivity index (χ0) is 24.8. The number of nitrogens with one attached hydrogen (secondary N) is 1. The second kappa shape index (κ2) is 9.48. The van der Waals surface area contributed by atoms with Crippen molar-refractivity contribution in [3.8, 4) is 0 Å². The number of hydrogen-bond donors (Lipinski definition) is 1. The molecule has 3 aliphatic heterocycles. The summed E-state index contributed by atoms with van der Waals surface area (Å²) >= 11 is 0. The van der Waals surface area contributed by atoms with E-state index in [0.29, 0.717) is 26.3 Å². The topological polar surface area (TPSA) is 79.8 Å². The Morgan fingerprint density at radius 1 is 1.29 bits per heavy atom. The van der Waals surface area contributed by atoms with Crippen molar-refractivity contribution in [2.24, 2.45) is 5.41 Å². The number of fused-ring (bicyclic) bond motifs is 2. The summed E-state index contributed by atoms with van der Waals surface area (Å²) in [6.45, 7) is 4.40. The van der Waals surface area contributed by atoms with Crippen LogP contribution in [0, 0.1) is 5.41 Å². The van der Waals surface area contributed by atoms with Gasteiger partial charge in [0.15, 0.2) is 5.69 Å². The zero-order valence-electron chi connectivity index (χ0n) is 20.3. The van der Waals surface area contributed by atoms with Gasteiger partial charge in [-0.1, -0.05) is 6.92 Å². The number of hydrogen-bond acceptors (Lipinski definition) is 7. The summed E-state index contributed by atoms with van der Waals surface area (Å²) in [6, 6.07) is 0.450. The van der Waals surface area contributed by atoms with Crippen LogP contribution in [0.15, 0.2) is 12.4 Å². The van der Waals surface area contributed by atoms with Gasteiger partial charge in [0, 0.05) is 38.9 Å². The van der Waals surface area contributed by atoms with Crippen molar-refractivity contribution in [1.82, 2.24) is 20.2 Å². The lowest BCUT2D eigenvalue weighted by molar-refractivity contribution is -0.143. The summed E-state index contributed by atoms with van der Waals surface area (Å²) in [4.78, 5) is 25.3. The molecule has 194 valence electrons. The molecule has 1 N–H and O–H groups in total. The fourth-order valence-corrected chi connectivity index (χ4v) is 6.50. The molecule has 1 aliphatic carbocycles. The van der Waals surface area contributed by atoms with Crippen molar-refractivity contribution in [3.05, 3.63) is 18.1 Å². The van der Waals surface area contributed by atoms with Crippen molar-refractivity contribution in [2.45, 2.75) is 81.9 Å². The van der Waals surface area contributed by atoms with Crippen LogP contribution in [0.1, 0.15) is 51.1 Å². The number of ether oxygens (including phenoxy) is 2. The van der Waals surface area contributed by atoms with E-state index in [4.69, 9.17) is 9.47 Å². The van der Waals surface area contributed by atoms with Gasteiger partial charge in [-0.05, 0) is 38.5 Å². The number of anilines is 1. The van der Waals surface area contributed by atoms with Gasteiger partial charge < -0.3 is 24.6 Å². The molecule has 0 spiro atoms. The van der Waals surface area contributed by atoms with Gasteiger partial charge in [-0.15, -0.1) is 0 Å². The van der Waals surface area contributed by atoms with Crippen LogP contribution in [0.4, 0.5) is 19.0 Å². The Bertz CT molecular complexity index is 934. The lowest BCUT2D eigenvalue weighted by atomic mass is 9.81. The molecule has 0 unspecified atom stereocenters. The fraction of sp³-hybridized carbons (Fsp3) is 0.792.